The zero-order valence-corrected chi connectivity index (χ0v) is 21.9. The molecule has 11 heteroatoms. The molecule has 1 unspecified atom stereocenters. The largest absolute Gasteiger partial charge is 0.381 e. The number of amides is 2. The second-order valence-corrected chi connectivity index (χ2v) is 10.5. The van der Waals surface area contributed by atoms with E-state index >= 15 is 0 Å². The number of likely N-dealkylation sites (tertiary alicyclic amines) is 2. The lowest BCUT2D eigenvalue weighted by molar-refractivity contribution is -0.128. The van der Waals surface area contributed by atoms with E-state index in [0.717, 1.165) is 32.0 Å². The van der Waals surface area contributed by atoms with Gasteiger partial charge in [-0.2, -0.15) is 0 Å². The molecule has 2 fully saturated rings. The van der Waals surface area contributed by atoms with E-state index in [1.54, 1.807) is 4.90 Å². The second kappa shape index (κ2) is 11.2. The predicted molar refractivity (Wildman–Crippen MR) is 138 cm³/mol. The predicted octanol–water partition coefficient (Wildman–Crippen LogP) is 3.33. The summed E-state index contributed by atoms with van der Waals surface area (Å²) >= 11 is 0. The molecule has 1 atom stereocenters. The highest BCUT2D eigenvalue weighted by Gasteiger charge is 2.38. The molecule has 4 rings (SSSR count). The van der Waals surface area contributed by atoms with Crippen LogP contribution in [0, 0.1) is 5.82 Å². The average molecular weight is 534 g/mol. The van der Waals surface area contributed by atoms with Crippen molar-refractivity contribution < 1.29 is 22.8 Å². The molecule has 0 aliphatic carbocycles. The van der Waals surface area contributed by atoms with Crippen LogP contribution in [0.3, 0.4) is 0 Å². The minimum absolute atomic E-state index is 0.0587. The lowest BCUT2D eigenvalue weighted by Gasteiger charge is -2.32. The Morgan fingerprint density at radius 2 is 1.89 bits per heavy atom. The van der Waals surface area contributed by atoms with Gasteiger partial charge in [-0.25, -0.2) is 13.2 Å². The highest BCUT2D eigenvalue weighted by molar-refractivity contribution is 5.99. The first kappa shape index (κ1) is 27.7. The van der Waals surface area contributed by atoms with Crippen LogP contribution in [0.15, 0.2) is 35.3 Å². The molecule has 2 aromatic rings. The topological polar surface area (TPSA) is 86.7 Å². The van der Waals surface area contributed by atoms with Gasteiger partial charge in [-0.3, -0.25) is 14.4 Å². The van der Waals surface area contributed by atoms with E-state index < -0.39 is 29.3 Å². The number of benzene rings is 1. The third kappa shape index (κ3) is 5.87. The number of piperidine rings is 1. The third-order valence-electron chi connectivity index (χ3n) is 7.64. The number of hydrogen-bond donors (Lipinski definition) is 2. The minimum atomic E-state index is -2.97. The van der Waals surface area contributed by atoms with E-state index in [4.69, 9.17) is 0 Å². The smallest absolute Gasteiger partial charge is 0.266 e. The van der Waals surface area contributed by atoms with Gasteiger partial charge in [0.05, 0.1) is 22.4 Å². The molecule has 0 saturated carbocycles. The Labute approximate surface area is 219 Å². The van der Waals surface area contributed by atoms with E-state index in [-0.39, 0.29) is 35.2 Å². The molecule has 0 bridgehead atoms. The first-order valence-corrected chi connectivity index (χ1v) is 12.8. The van der Waals surface area contributed by atoms with Gasteiger partial charge in [0.25, 0.3) is 17.9 Å². The van der Waals surface area contributed by atoms with Crippen molar-refractivity contribution in [1.82, 2.24) is 19.7 Å². The quantitative estimate of drug-likeness (QED) is 0.570. The Morgan fingerprint density at radius 1 is 1.18 bits per heavy atom. The van der Waals surface area contributed by atoms with E-state index in [1.807, 2.05) is 14.0 Å². The standard InChI is InChI=1S/C27H34F3N5O3/c1-17(36)34-12-9-27(2,16-34)35-15-21(22(13-23(35)37)32-19-7-10-33(3)11-8-19)26(38)31-14-18-5-4-6-20(24(18)28)25(29)30/h4-6,13,15,19,25,32H,7-12,14,16H2,1-3H3,(H,31,38). The zero-order chi connectivity index (χ0) is 27.6. The van der Waals surface area contributed by atoms with Crippen molar-refractivity contribution in [2.24, 2.45) is 0 Å². The van der Waals surface area contributed by atoms with Gasteiger partial charge in [-0.15, -0.1) is 0 Å². The Balaban J connectivity index is 1.64. The van der Waals surface area contributed by atoms with Crippen molar-refractivity contribution in [2.75, 3.05) is 38.5 Å². The molecule has 8 nitrogen and oxygen atoms in total. The Bertz CT molecular complexity index is 1260. The number of carbonyl (C=O) groups excluding carboxylic acids is 2. The highest BCUT2D eigenvalue weighted by Crippen LogP contribution is 2.30. The van der Waals surface area contributed by atoms with E-state index in [1.165, 1.54) is 35.9 Å². The molecule has 1 aromatic carbocycles. The molecule has 2 N–H and O–H groups in total. The molecule has 1 aromatic heterocycles. The summed E-state index contributed by atoms with van der Waals surface area (Å²) in [7, 11) is 2.03. The van der Waals surface area contributed by atoms with E-state index in [0.29, 0.717) is 25.2 Å². The van der Waals surface area contributed by atoms with Crippen molar-refractivity contribution in [3.63, 3.8) is 0 Å². The van der Waals surface area contributed by atoms with Crippen LogP contribution in [0.4, 0.5) is 18.9 Å². The van der Waals surface area contributed by atoms with E-state index in [9.17, 15) is 27.6 Å². The Morgan fingerprint density at radius 3 is 2.53 bits per heavy atom. The average Bonchev–Trinajstić information content (AvgIpc) is 3.28. The summed E-state index contributed by atoms with van der Waals surface area (Å²) in [6, 6.07) is 5.13. The van der Waals surface area contributed by atoms with Gasteiger partial charge >= 0.3 is 0 Å². The van der Waals surface area contributed by atoms with Crippen LogP contribution in [-0.4, -0.2) is 65.4 Å². The number of hydrogen-bond acceptors (Lipinski definition) is 5. The zero-order valence-electron chi connectivity index (χ0n) is 21.9. The summed E-state index contributed by atoms with van der Waals surface area (Å²) in [6.07, 6.45) is 0.724. The number of nitrogens with one attached hydrogen (secondary N) is 2. The van der Waals surface area contributed by atoms with Gasteiger partial charge in [-0.1, -0.05) is 18.2 Å². The fourth-order valence-corrected chi connectivity index (χ4v) is 5.21. The van der Waals surface area contributed by atoms with Gasteiger partial charge < -0.3 is 25.0 Å². The van der Waals surface area contributed by atoms with Crippen molar-refractivity contribution in [2.45, 2.75) is 57.7 Å². The molecular formula is C27H34F3N5O3. The summed E-state index contributed by atoms with van der Waals surface area (Å²) in [5, 5.41) is 5.98. The molecule has 3 heterocycles. The molecule has 38 heavy (non-hydrogen) atoms. The number of aromatic nitrogens is 1. The van der Waals surface area contributed by atoms with Crippen LogP contribution in [0.5, 0.6) is 0 Å². The Kier molecular flexibility index (Phi) is 8.15. The monoisotopic (exact) mass is 533 g/mol. The molecular weight excluding hydrogens is 499 g/mol. The number of carbonyl (C=O) groups is 2. The summed E-state index contributed by atoms with van der Waals surface area (Å²) in [4.78, 5) is 42.5. The lowest BCUT2D eigenvalue weighted by atomic mass is 9.99. The summed E-state index contributed by atoms with van der Waals surface area (Å²) in [5.41, 5.74) is -1.24. The van der Waals surface area contributed by atoms with Crippen LogP contribution >= 0.6 is 0 Å². The third-order valence-corrected chi connectivity index (χ3v) is 7.64. The van der Waals surface area contributed by atoms with Gasteiger partial charge in [-0.05, 0) is 46.3 Å². The molecule has 2 amide bonds. The summed E-state index contributed by atoms with van der Waals surface area (Å²) in [5.74, 6) is -1.71. The fourth-order valence-electron chi connectivity index (χ4n) is 5.21. The first-order valence-electron chi connectivity index (χ1n) is 12.8. The van der Waals surface area contributed by atoms with Gasteiger partial charge in [0.2, 0.25) is 5.91 Å². The van der Waals surface area contributed by atoms with Crippen molar-refractivity contribution in [1.29, 1.82) is 0 Å². The maximum atomic E-state index is 14.5. The highest BCUT2D eigenvalue weighted by atomic mass is 19.3. The van der Waals surface area contributed by atoms with Gasteiger partial charge in [0.15, 0.2) is 0 Å². The number of anilines is 1. The number of alkyl halides is 2. The van der Waals surface area contributed by atoms with Crippen LogP contribution in [0.25, 0.3) is 0 Å². The SMILES string of the molecule is CC(=O)N1CCC(C)(n2cc(C(=O)NCc3cccc(C(F)F)c3F)c(NC3CCN(C)CC3)cc2=O)C1. The maximum absolute atomic E-state index is 14.5. The number of pyridine rings is 1. The molecule has 0 radical (unpaired) electrons. The molecule has 0 spiro atoms. The van der Waals surface area contributed by atoms with Gasteiger partial charge in [0, 0.05) is 50.4 Å². The summed E-state index contributed by atoms with van der Waals surface area (Å²) < 4.78 is 42.3. The second-order valence-electron chi connectivity index (χ2n) is 10.5. The molecule has 206 valence electrons. The minimum Gasteiger partial charge on any atom is -0.381 e. The van der Waals surface area contributed by atoms with Crippen LogP contribution in [0.2, 0.25) is 0 Å². The number of halogens is 3. The van der Waals surface area contributed by atoms with Crippen molar-refractivity contribution in [3.05, 3.63) is 63.3 Å². The van der Waals surface area contributed by atoms with Crippen molar-refractivity contribution in [3.8, 4) is 0 Å². The first-order chi connectivity index (χ1) is 18.0. The number of nitrogens with zero attached hydrogens (tertiary/aromatic N) is 3. The lowest BCUT2D eigenvalue weighted by Crippen LogP contribution is -2.43. The van der Waals surface area contributed by atoms with Crippen LogP contribution < -0.4 is 16.2 Å². The van der Waals surface area contributed by atoms with Crippen LogP contribution in [0.1, 0.15) is 61.0 Å². The van der Waals surface area contributed by atoms with Crippen molar-refractivity contribution >= 4 is 17.5 Å². The van der Waals surface area contributed by atoms with Gasteiger partial charge in [0.1, 0.15) is 5.82 Å². The molecule has 2 aliphatic rings. The van der Waals surface area contributed by atoms with Crippen LogP contribution in [-0.2, 0) is 16.9 Å². The normalized spacial score (nSPS) is 20.7. The number of rotatable bonds is 7. The van der Waals surface area contributed by atoms with E-state index in [2.05, 4.69) is 15.5 Å². The molecule has 2 aliphatic heterocycles. The fraction of sp³-hybridized carbons (Fsp3) is 0.519. The summed E-state index contributed by atoms with van der Waals surface area (Å²) in [6.45, 7) is 5.61. The Hall–Kier alpha value is -3.34. The maximum Gasteiger partial charge on any atom is 0.266 e. The molecule has 2 saturated heterocycles.